The highest BCUT2D eigenvalue weighted by molar-refractivity contribution is 7.89. The molecule has 1 aliphatic heterocycles. The van der Waals surface area contributed by atoms with Crippen molar-refractivity contribution in [3.05, 3.63) is 0 Å². The van der Waals surface area contributed by atoms with Crippen LogP contribution in [-0.4, -0.2) is 51.6 Å². The minimum absolute atomic E-state index is 0.0151. The Morgan fingerprint density at radius 2 is 2.00 bits per heavy atom. The van der Waals surface area contributed by atoms with Gasteiger partial charge in [-0.2, -0.15) is 0 Å². The third-order valence-corrected chi connectivity index (χ3v) is 4.54. The fourth-order valence-corrected chi connectivity index (χ4v) is 3.13. The van der Waals surface area contributed by atoms with Gasteiger partial charge in [-0.15, -0.1) is 11.6 Å². The van der Waals surface area contributed by atoms with E-state index in [2.05, 4.69) is 16.7 Å². The van der Waals surface area contributed by atoms with E-state index in [-0.39, 0.29) is 11.6 Å². The van der Waals surface area contributed by atoms with Crippen LogP contribution in [0.5, 0.6) is 0 Å². The fraction of sp³-hybridized carbons (Fsp3) is 1.00. The van der Waals surface area contributed by atoms with Crippen LogP contribution in [0.15, 0.2) is 0 Å². The highest BCUT2D eigenvalue weighted by atomic mass is 35.5. The molecule has 1 saturated heterocycles. The molecule has 0 aromatic heterocycles. The van der Waals surface area contributed by atoms with Gasteiger partial charge in [-0.25, -0.2) is 13.1 Å². The van der Waals surface area contributed by atoms with Gasteiger partial charge >= 0.3 is 0 Å². The number of sulfonamides is 1. The smallest absolute Gasteiger partial charge is 0.212 e. The van der Waals surface area contributed by atoms with Crippen molar-refractivity contribution < 1.29 is 8.42 Å². The molecule has 0 spiro atoms. The van der Waals surface area contributed by atoms with E-state index in [0.717, 1.165) is 25.9 Å². The second-order valence-corrected chi connectivity index (χ2v) is 6.41. The molecule has 90 valence electrons. The number of nitrogens with zero attached hydrogens (tertiary/aromatic N) is 1. The van der Waals surface area contributed by atoms with Crippen LogP contribution in [0.3, 0.4) is 0 Å². The maximum absolute atomic E-state index is 11.3. The van der Waals surface area contributed by atoms with Gasteiger partial charge in [0.25, 0.3) is 0 Å². The SMILES string of the molecule is CN1CCC(CNS(=O)(=O)CCCl)CC1. The predicted molar refractivity (Wildman–Crippen MR) is 62.7 cm³/mol. The average molecular weight is 255 g/mol. The Kier molecular flexibility index (Phi) is 5.32. The number of nitrogens with one attached hydrogen (secondary N) is 1. The maximum Gasteiger partial charge on any atom is 0.212 e. The van der Waals surface area contributed by atoms with Crippen LogP contribution < -0.4 is 4.72 Å². The lowest BCUT2D eigenvalue weighted by Gasteiger charge is -2.28. The lowest BCUT2D eigenvalue weighted by Crippen LogP contribution is -2.37. The van der Waals surface area contributed by atoms with Gasteiger partial charge in [-0.05, 0) is 38.9 Å². The lowest BCUT2D eigenvalue weighted by molar-refractivity contribution is 0.220. The molecule has 1 N–H and O–H groups in total. The van der Waals surface area contributed by atoms with Gasteiger partial charge in [-0.3, -0.25) is 0 Å². The van der Waals surface area contributed by atoms with Crippen molar-refractivity contribution >= 4 is 21.6 Å². The quantitative estimate of drug-likeness (QED) is 0.727. The van der Waals surface area contributed by atoms with E-state index >= 15 is 0 Å². The van der Waals surface area contributed by atoms with Crippen LogP contribution in [0.2, 0.25) is 0 Å². The summed E-state index contributed by atoms with van der Waals surface area (Å²) in [5.74, 6) is 0.649. The molecular formula is C9H19ClN2O2S. The Balaban J connectivity index is 2.25. The first-order valence-electron chi connectivity index (χ1n) is 5.25. The van der Waals surface area contributed by atoms with E-state index in [1.54, 1.807) is 0 Å². The third-order valence-electron chi connectivity index (χ3n) is 2.78. The molecule has 0 bridgehead atoms. The van der Waals surface area contributed by atoms with Crippen molar-refractivity contribution in [2.75, 3.05) is 38.3 Å². The minimum Gasteiger partial charge on any atom is -0.306 e. The maximum atomic E-state index is 11.3. The van der Waals surface area contributed by atoms with Gasteiger partial charge in [0.15, 0.2) is 0 Å². The molecule has 6 heteroatoms. The standard InChI is InChI=1S/C9H19ClN2O2S/c1-12-5-2-9(3-6-12)8-11-15(13,14)7-4-10/h9,11H,2-8H2,1H3. The predicted octanol–water partition coefficient (Wildman–Crippen LogP) is 0.486. The first-order chi connectivity index (χ1) is 7.03. The number of alkyl halides is 1. The largest absolute Gasteiger partial charge is 0.306 e. The summed E-state index contributed by atoms with van der Waals surface area (Å²) in [7, 11) is -1.05. The van der Waals surface area contributed by atoms with E-state index in [4.69, 9.17) is 11.6 Å². The molecule has 0 saturated carbocycles. The van der Waals surface area contributed by atoms with E-state index in [1.807, 2.05) is 0 Å². The number of hydrogen-bond acceptors (Lipinski definition) is 3. The molecule has 4 nitrogen and oxygen atoms in total. The molecule has 0 radical (unpaired) electrons. The van der Waals surface area contributed by atoms with Gasteiger partial charge < -0.3 is 4.90 Å². The second kappa shape index (κ2) is 6.03. The highest BCUT2D eigenvalue weighted by Crippen LogP contribution is 2.14. The summed E-state index contributed by atoms with van der Waals surface area (Å²) in [6.07, 6.45) is 2.14. The van der Waals surface area contributed by atoms with E-state index in [9.17, 15) is 8.42 Å². The van der Waals surface area contributed by atoms with E-state index < -0.39 is 10.0 Å². The molecule has 1 fully saturated rings. The summed E-state index contributed by atoms with van der Waals surface area (Å²) in [6.45, 7) is 2.68. The summed E-state index contributed by atoms with van der Waals surface area (Å²) < 4.78 is 25.3. The molecule has 0 aromatic carbocycles. The molecule has 0 atom stereocenters. The highest BCUT2D eigenvalue weighted by Gasteiger charge is 2.18. The molecule has 0 unspecified atom stereocenters. The summed E-state index contributed by atoms with van der Waals surface area (Å²) in [5.41, 5.74) is 0. The first kappa shape index (κ1) is 13.2. The molecule has 1 aliphatic rings. The number of hydrogen-bond donors (Lipinski definition) is 1. The van der Waals surface area contributed by atoms with Crippen LogP contribution in [0, 0.1) is 5.92 Å². The van der Waals surface area contributed by atoms with Gasteiger partial charge in [0.2, 0.25) is 10.0 Å². The summed E-state index contributed by atoms with van der Waals surface area (Å²) in [6, 6.07) is 0. The zero-order chi connectivity index (χ0) is 11.3. The van der Waals surface area contributed by atoms with Crippen LogP contribution in [0.1, 0.15) is 12.8 Å². The number of likely N-dealkylation sites (tertiary alicyclic amines) is 1. The molecule has 1 rings (SSSR count). The molecule has 0 aliphatic carbocycles. The summed E-state index contributed by atoms with van der Waals surface area (Å²) in [5, 5.41) is 0. The third kappa shape index (κ3) is 5.15. The van der Waals surface area contributed by atoms with Crippen LogP contribution in [0.25, 0.3) is 0 Å². The van der Waals surface area contributed by atoms with Crippen molar-refractivity contribution in [3.63, 3.8) is 0 Å². The Bertz CT molecular complexity index is 274. The van der Waals surface area contributed by atoms with Crippen molar-refractivity contribution in [3.8, 4) is 0 Å². The summed E-state index contributed by atoms with van der Waals surface area (Å²) >= 11 is 5.40. The van der Waals surface area contributed by atoms with Crippen LogP contribution >= 0.6 is 11.6 Å². The topological polar surface area (TPSA) is 49.4 Å². The first-order valence-corrected chi connectivity index (χ1v) is 7.44. The molecule has 0 amide bonds. The normalized spacial score (nSPS) is 20.7. The fourth-order valence-electron chi connectivity index (χ4n) is 1.68. The lowest BCUT2D eigenvalue weighted by atomic mass is 9.98. The summed E-state index contributed by atoms with van der Waals surface area (Å²) in [4.78, 5) is 2.27. The van der Waals surface area contributed by atoms with Gasteiger partial charge in [0.1, 0.15) is 0 Å². The number of piperidine rings is 1. The van der Waals surface area contributed by atoms with Crippen molar-refractivity contribution in [1.29, 1.82) is 0 Å². The van der Waals surface area contributed by atoms with Crippen molar-refractivity contribution in [2.45, 2.75) is 12.8 Å². The van der Waals surface area contributed by atoms with Crippen LogP contribution in [0.4, 0.5) is 0 Å². The van der Waals surface area contributed by atoms with Gasteiger partial charge in [0.05, 0.1) is 5.75 Å². The molecule has 1 heterocycles. The Hall–Kier alpha value is 0.160. The van der Waals surface area contributed by atoms with Gasteiger partial charge in [0, 0.05) is 12.4 Å². The zero-order valence-corrected chi connectivity index (χ0v) is 10.6. The van der Waals surface area contributed by atoms with E-state index in [0.29, 0.717) is 12.5 Å². The number of rotatable bonds is 5. The molecule has 0 aromatic rings. The van der Waals surface area contributed by atoms with Gasteiger partial charge in [-0.1, -0.05) is 0 Å². The van der Waals surface area contributed by atoms with Crippen molar-refractivity contribution in [2.24, 2.45) is 5.92 Å². The monoisotopic (exact) mass is 254 g/mol. The Morgan fingerprint density at radius 1 is 1.40 bits per heavy atom. The average Bonchev–Trinajstić information content (AvgIpc) is 2.17. The van der Waals surface area contributed by atoms with Crippen molar-refractivity contribution in [1.82, 2.24) is 9.62 Å². The molecular weight excluding hydrogens is 236 g/mol. The number of halogens is 1. The molecule has 15 heavy (non-hydrogen) atoms. The van der Waals surface area contributed by atoms with Crippen LogP contribution in [-0.2, 0) is 10.0 Å². The second-order valence-electron chi connectivity index (χ2n) is 4.10. The Morgan fingerprint density at radius 3 is 2.53 bits per heavy atom. The zero-order valence-electron chi connectivity index (χ0n) is 9.08. The Labute approximate surface area is 97.0 Å². The minimum atomic E-state index is -3.14. The van der Waals surface area contributed by atoms with E-state index in [1.165, 1.54) is 0 Å².